The SMILES string of the molecule is CS(=O)(=O)c1cccc(OCC(O)CNC2COC3(CCN(S(=O)(=O)c4ccc(Cl)c5nonc45)CC3)C2)c1. The van der Waals surface area contributed by atoms with E-state index in [2.05, 4.69) is 15.6 Å². The summed E-state index contributed by atoms with van der Waals surface area (Å²) < 4.78 is 67.9. The summed E-state index contributed by atoms with van der Waals surface area (Å²) in [6.45, 7) is 1.26. The Kier molecular flexibility index (Phi) is 7.90. The highest BCUT2D eigenvalue weighted by Crippen LogP contribution is 2.38. The first-order valence-electron chi connectivity index (χ1n) is 12.4. The maximum Gasteiger partial charge on any atom is 0.245 e. The molecule has 2 N–H and O–H groups in total. The van der Waals surface area contributed by atoms with Crippen LogP contribution < -0.4 is 10.1 Å². The topological polar surface area (TPSA) is 161 Å². The molecule has 212 valence electrons. The normalized spacial score (nSPS) is 20.9. The number of nitrogens with one attached hydrogen (secondary N) is 1. The summed E-state index contributed by atoms with van der Waals surface area (Å²) in [5, 5.41) is 21.4. The molecule has 0 saturated carbocycles. The molecule has 12 nitrogen and oxygen atoms in total. The van der Waals surface area contributed by atoms with Crippen LogP contribution in [0.4, 0.5) is 0 Å². The number of halogens is 1. The molecule has 2 unspecified atom stereocenters. The van der Waals surface area contributed by atoms with Crippen LogP contribution in [0.2, 0.25) is 5.02 Å². The Balaban J connectivity index is 1.11. The quantitative estimate of drug-likeness (QED) is 0.367. The Bertz CT molecular complexity index is 1560. The second kappa shape index (κ2) is 10.9. The number of piperidine rings is 1. The number of benzene rings is 2. The van der Waals surface area contributed by atoms with Crippen LogP contribution in [-0.2, 0) is 24.6 Å². The minimum atomic E-state index is -3.84. The standard InChI is InChI=1S/C24H29ClN4O8S2/c1-38(31,32)19-4-2-3-18(11-19)35-15-17(30)13-26-16-12-24(36-14-16)7-9-29(10-8-24)39(33,34)21-6-5-20(25)22-23(21)28-37-27-22/h2-6,11,16-17,26,30H,7-10,12-15H2,1H3. The number of sulfonamides is 1. The largest absolute Gasteiger partial charge is 0.491 e. The van der Waals surface area contributed by atoms with E-state index in [9.17, 15) is 21.9 Å². The van der Waals surface area contributed by atoms with Crippen molar-refractivity contribution in [2.75, 3.05) is 39.1 Å². The minimum absolute atomic E-state index is 0.00485. The van der Waals surface area contributed by atoms with Crippen molar-refractivity contribution < 1.29 is 36.0 Å². The summed E-state index contributed by atoms with van der Waals surface area (Å²) in [5.41, 5.74) is -0.133. The van der Waals surface area contributed by atoms with Gasteiger partial charge in [0.1, 0.15) is 23.4 Å². The maximum absolute atomic E-state index is 13.3. The first-order valence-corrected chi connectivity index (χ1v) is 16.1. The van der Waals surface area contributed by atoms with Gasteiger partial charge in [-0.25, -0.2) is 21.5 Å². The summed E-state index contributed by atoms with van der Waals surface area (Å²) in [6.07, 6.45) is 2.04. The molecule has 0 radical (unpaired) electrons. The molecule has 2 saturated heterocycles. The van der Waals surface area contributed by atoms with E-state index in [1.807, 2.05) is 0 Å². The van der Waals surface area contributed by atoms with E-state index in [1.165, 1.54) is 28.6 Å². The number of rotatable bonds is 9. The third-order valence-electron chi connectivity index (χ3n) is 7.11. The molecule has 2 aromatic carbocycles. The number of hydrogen-bond acceptors (Lipinski definition) is 11. The predicted molar refractivity (Wildman–Crippen MR) is 141 cm³/mol. The fraction of sp³-hybridized carbons (Fsp3) is 0.500. The summed E-state index contributed by atoms with van der Waals surface area (Å²) in [7, 11) is -7.19. The third kappa shape index (κ3) is 6.06. The van der Waals surface area contributed by atoms with Crippen molar-refractivity contribution in [3.63, 3.8) is 0 Å². The fourth-order valence-corrected chi connectivity index (χ4v) is 7.37. The molecule has 2 aliphatic rings. The van der Waals surface area contributed by atoms with Crippen LogP contribution >= 0.6 is 11.6 Å². The molecule has 1 spiro atoms. The molecule has 3 heterocycles. The van der Waals surface area contributed by atoms with E-state index < -0.39 is 31.6 Å². The van der Waals surface area contributed by atoms with Crippen molar-refractivity contribution in [3.8, 4) is 5.75 Å². The van der Waals surface area contributed by atoms with Gasteiger partial charge in [-0.2, -0.15) is 4.31 Å². The van der Waals surface area contributed by atoms with Crippen molar-refractivity contribution in [1.29, 1.82) is 0 Å². The Morgan fingerprint density at radius 1 is 1.18 bits per heavy atom. The van der Waals surface area contributed by atoms with Gasteiger partial charge in [0, 0.05) is 31.9 Å². The van der Waals surface area contributed by atoms with Crippen LogP contribution in [0.15, 0.2) is 50.8 Å². The summed E-state index contributed by atoms with van der Waals surface area (Å²) >= 11 is 6.08. The second-order valence-electron chi connectivity index (χ2n) is 9.93. The van der Waals surface area contributed by atoms with Gasteiger partial charge in [-0.1, -0.05) is 17.7 Å². The van der Waals surface area contributed by atoms with Gasteiger partial charge in [0.2, 0.25) is 10.0 Å². The van der Waals surface area contributed by atoms with Gasteiger partial charge < -0.3 is 19.9 Å². The van der Waals surface area contributed by atoms with Crippen LogP contribution in [0, 0.1) is 0 Å². The number of nitrogens with zero attached hydrogens (tertiary/aromatic N) is 3. The predicted octanol–water partition coefficient (Wildman–Crippen LogP) is 1.62. The monoisotopic (exact) mass is 600 g/mol. The Morgan fingerprint density at radius 3 is 2.67 bits per heavy atom. The van der Waals surface area contributed by atoms with Crippen molar-refractivity contribution >= 4 is 42.5 Å². The minimum Gasteiger partial charge on any atom is -0.491 e. The van der Waals surface area contributed by atoms with E-state index >= 15 is 0 Å². The third-order valence-corrected chi connectivity index (χ3v) is 10.5. The number of aromatic nitrogens is 2. The van der Waals surface area contributed by atoms with Crippen LogP contribution in [0.25, 0.3) is 11.0 Å². The van der Waals surface area contributed by atoms with Gasteiger partial charge in [-0.05, 0) is 59.9 Å². The zero-order valence-electron chi connectivity index (χ0n) is 21.1. The number of aliphatic hydroxyl groups is 1. The molecule has 39 heavy (non-hydrogen) atoms. The number of ether oxygens (including phenoxy) is 2. The van der Waals surface area contributed by atoms with E-state index in [4.69, 9.17) is 25.7 Å². The second-order valence-corrected chi connectivity index (χ2v) is 14.3. The van der Waals surface area contributed by atoms with E-state index in [0.717, 1.165) is 6.26 Å². The molecule has 1 aromatic heterocycles. The van der Waals surface area contributed by atoms with Gasteiger partial charge >= 0.3 is 0 Å². The van der Waals surface area contributed by atoms with Crippen molar-refractivity contribution in [3.05, 3.63) is 41.4 Å². The van der Waals surface area contributed by atoms with E-state index in [0.29, 0.717) is 31.6 Å². The van der Waals surface area contributed by atoms with Crippen LogP contribution in [0.1, 0.15) is 19.3 Å². The number of aliphatic hydroxyl groups excluding tert-OH is 1. The van der Waals surface area contributed by atoms with Crippen LogP contribution in [-0.4, -0.2) is 93.4 Å². The van der Waals surface area contributed by atoms with Crippen molar-refractivity contribution in [2.45, 2.75) is 46.8 Å². The smallest absolute Gasteiger partial charge is 0.245 e. The molecule has 0 amide bonds. The molecular weight excluding hydrogens is 572 g/mol. The van der Waals surface area contributed by atoms with Crippen LogP contribution in [0.3, 0.4) is 0 Å². The molecule has 2 atom stereocenters. The lowest BCUT2D eigenvalue weighted by molar-refractivity contribution is -0.0312. The number of hydrogen-bond donors (Lipinski definition) is 2. The lowest BCUT2D eigenvalue weighted by Gasteiger charge is -2.38. The first-order chi connectivity index (χ1) is 18.5. The van der Waals surface area contributed by atoms with E-state index in [-0.39, 0.29) is 58.1 Å². The summed E-state index contributed by atoms with van der Waals surface area (Å²) in [6, 6.07) is 9.01. The molecule has 0 bridgehead atoms. The average molecular weight is 601 g/mol. The van der Waals surface area contributed by atoms with Crippen molar-refractivity contribution in [2.24, 2.45) is 0 Å². The van der Waals surface area contributed by atoms with E-state index in [1.54, 1.807) is 12.1 Å². The Labute approximate surface area is 231 Å². The average Bonchev–Trinajstić information content (AvgIpc) is 3.55. The molecule has 2 aliphatic heterocycles. The first kappa shape index (κ1) is 28.2. The van der Waals surface area contributed by atoms with Gasteiger partial charge in [0.25, 0.3) is 0 Å². The zero-order valence-corrected chi connectivity index (χ0v) is 23.5. The highest BCUT2D eigenvalue weighted by atomic mass is 35.5. The molecule has 5 rings (SSSR count). The van der Waals surface area contributed by atoms with Crippen molar-refractivity contribution in [1.82, 2.24) is 19.9 Å². The van der Waals surface area contributed by atoms with Crippen LogP contribution in [0.5, 0.6) is 5.75 Å². The number of sulfone groups is 1. The molecular formula is C24H29ClN4O8S2. The molecule has 3 aromatic rings. The molecule has 15 heteroatoms. The summed E-state index contributed by atoms with van der Waals surface area (Å²) in [5.74, 6) is 0.362. The number of fused-ring (bicyclic) bond motifs is 1. The maximum atomic E-state index is 13.3. The van der Waals surface area contributed by atoms with Gasteiger partial charge in [0.05, 0.1) is 22.1 Å². The lowest BCUT2D eigenvalue weighted by atomic mass is 9.88. The Hall–Kier alpha value is -2.33. The Morgan fingerprint density at radius 2 is 1.92 bits per heavy atom. The highest BCUT2D eigenvalue weighted by molar-refractivity contribution is 7.90. The summed E-state index contributed by atoms with van der Waals surface area (Å²) in [4.78, 5) is 0.154. The molecule has 2 fully saturated rings. The zero-order chi connectivity index (χ0) is 27.8. The van der Waals surface area contributed by atoms with Gasteiger partial charge in [-0.3, -0.25) is 0 Å². The fourth-order valence-electron chi connectivity index (χ4n) is 4.97. The molecule has 0 aliphatic carbocycles. The van der Waals surface area contributed by atoms with Gasteiger partial charge in [0.15, 0.2) is 20.9 Å². The lowest BCUT2D eigenvalue weighted by Crippen LogP contribution is -2.47. The van der Waals surface area contributed by atoms with Gasteiger partial charge in [-0.15, -0.1) is 0 Å². The highest BCUT2D eigenvalue weighted by Gasteiger charge is 2.45.